The van der Waals surface area contributed by atoms with Gasteiger partial charge in [-0.05, 0) is 47.9 Å². The molecule has 7 heteroatoms. The lowest BCUT2D eigenvalue weighted by molar-refractivity contribution is 0.288. The fraction of sp³-hybridized carbons (Fsp3) is 0.261. The van der Waals surface area contributed by atoms with Crippen LogP contribution in [0.2, 0.25) is 0 Å². The molecule has 1 aromatic heterocycles. The molecule has 0 radical (unpaired) electrons. The van der Waals surface area contributed by atoms with E-state index in [1.807, 2.05) is 54.6 Å². The summed E-state index contributed by atoms with van der Waals surface area (Å²) in [6, 6.07) is 17.8. The Labute approximate surface area is 173 Å². The second-order valence-corrected chi connectivity index (χ2v) is 10.1. The monoisotopic (exact) mass is 422 g/mol. The van der Waals surface area contributed by atoms with Crippen molar-refractivity contribution in [2.45, 2.75) is 12.8 Å². The van der Waals surface area contributed by atoms with Crippen molar-refractivity contribution in [3.8, 4) is 16.9 Å². The largest absolute Gasteiger partial charge is 0.493 e. The Morgan fingerprint density at radius 3 is 2.57 bits per heavy atom. The number of hydrogen-bond acceptors (Lipinski definition) is 4. The molecular formula is C23H22N2O4S. The fourth-order valence-electron chi connectivity index (χ4n) is 4.35. The number of aromatic amines is 2. The smallest absolute Gasteiger partial charge is 0.323 e. The molecule has 30 heavy (non-hydrogen) atoms. The minimum atomic E-state index is -2.86. The molecule has 1 unspecified atom stereocenters. The van der Waals surface area contributed by atoms with E-state index in [4.69, 9.17) is 4.74 Å². The lowest BCUT2D eigenvalue weighted by Gasteiger charge is -2.14. The number of rotatable bonds is 5. The maximum absolute atomic E-state index is 11.8. The molecule has 2 N–H and O–H groups in total. The van der Waals surface area contributed by atoms with Crippen LogP contribution in [0.25, 0.3) is 32.9 Å². The molecule has 1 aliphatic rings. The third-order valence-electron chi connectivity index (χ3n) is 5.84. The van der Waals surface area contributed by atoms with Crippen molar-refractivity contribution in [1.29, 1.82) is 0 Å². The maximum atomic E-state index is 11.8. The highest BCUT2D eigenvalue weighted by Gasteiger charge is 2.27. The summed E-state index contributed by atoms with van der Waals surface area (Å²) >= 11 is 0. The van der Waals surface area contributed by atoms with Gasteiger partial charge in [-0.25, -0.2) is 13.2 Å². The van der Waals surface area contributed by atoms with E-state index in [9.17, 15) is 13.2 Å². The first kappa shape index (κ1) is 18.9. The van der Waals surface area contributed by atoms with Gasteiger partial charge in [0.15, 0.2) is 9.84 Å². The van der Waals surface area contributed by atoms with Crippen LogP contribution in [-0.4, -0.2) is 36.5 Å². The molecule has 4 aromatic rings. The van der Waals surface area contributed by atoms with Crippen molar-refractivity contribution in [2.75, 3.05) is 18.1 Å². The molecule has 0 aliphatic carbocycles. The van der Waals surface area contributed by atoms with Gasteiger partial charge in [0.1, 0.15) is 5.75 Å². The molecule has 6 nitrogen and oxygen atoms in total. The van der Waals surface area contributed by atoms with Gasteiger partial charge in [0.05, 0.1) is 29.1 Å². The Morgan fingerprint density at radius 1 is 0.933 bits per heavy atom. The van der Waals surface area contributed by atoms with E-state index in [1.165, 1.54) is 0 Å². The lowest BCUT2D eigenvalue weighted by Crippen LogP contribution is -2.09. The molecule has 0 amide bonds. The van der Waals surface area contributed by atoms with E-state index in [-0.39, 0.29) is 17.4 Å². The van der Waals surface area contributed by atoms with Gasteiger partial charge in [0, 0.05) is 10.9 Å². The number of H-pyrrole nitrogens is 2. The van der Waals surface area contributed by atoms with Crippen molar-refractivity contribution in [3.63, 3.8) is 0 Å². The molecule has 1 atom stereocenters. The second kappa shape index (κ2) is 7.32. The van der Waals surface area contributed by atoms with Gasteiger partial charge in [-0.2, -0.15) is 0 Å². The van der Waals surface area contributed by atoms with Gasteiger partial charge in [-0.3, -0.25) is 0 Å². The summed E-state index contributed by atoms with van der Waals surface area (Å²) in [4.78, 5) is 17.5. The van der Waals surface area contributed by atoms with Crippen molar-refractivity contribution in [2.24, 2.45) is 5.92 Å². The standard InChI is InChI=1S/C23H22N2O4S/c26-23-24-20-7-3-6-19(22(20)25-23)17-8-9-21(18-5-2-1-4-16(17)18)29-12-10-15-11-13-30(27,28)14-15/h1-9,15H,10-14H2,(H2,24,25,26). The molecule has 1 aliphatic heterocycles. The van der Waals surface area contributed by atoms with Crippen LogP contribution in [-0.2, 0) is 9.84 Å². The van der Waals surface area contributed by atoms with Crippen molar-refractivity contribution >= 4 is 31.6 Å². The van der Waals surface area contributed by atoms with Crippen molar-refractivity contribution in [1.82, 2.24) is 9.97 Å². The Hall–Kier alpha value is -3.06. The van der Waals surface area contributed by atoms with E-state index < -0.39 is 9.84 Å². The van der Waals surface area contributed by atoms with Gasteiger partial charge in [-0.15, -0.1) is 0 Å². The highest BCUT2D eigenvalue weighted by molar-refractivity contribution is 7.91. The Morgan fingerprint density at radius 2 is 1.77 bits per heavy atom. The third kappa shape index (κ3) is 3.50. The van der Waals surface area contributed by atoms with E-state index in [1.54, 1.807) is 0 Å². The highest BCUT2D eigenvalue weighted by Crippen LogP contribution is 2.36. The summed E-state index contributed by atoms with van der Waals surface area (Å²) in [7, 11) is -2.86. The Bertz CT molecular complexity index is 1400. The average molecular weight is 423 g/mol. The van der Waals surface area contributed by atoms with E-state index in [2.05, 4.69) is 9.97 Å². The van der Waals surface area contributed by atoms with Gasteiger partial charge >= 0.3 is 5.69 Å². The quantitative estimate of drug-likeness (QED) is 0.511. The average Bonchev–Trinajstić information content (AvgIpc) is 3.28. The van der Waals surface area contributed by atoms with Crippen LogP contribution in [0.4, 0.5) is 0 Å². The topological polar surface area (TPSA) is 92.0 Å². The first-order valence-electron chi connectivity index (χ1n) is 10.1. The summed E-state index contributed by atoms with van der Waals surface area (Å²) in [6.07, 6.45) is 1.46. The number of nitrogens with one attached hydrogen (secondary N) is 2. The second-order valence-electron chi connectivity index (χ2n) is 7.87. The normalized spacial score (nSPS) is 18.2. The molecule has 154 valence electrons. The predicted molar refractivity (Wildman–Crippen MR) is 119 cm³/mol. The molecule has 0 spiro atoms. The fourth-order valence-corrected chi connectivity index (χ4v) is 6.26. The molecule has 5 rings (SSSR count). The van der Waals surface area contributed by atoms with Crippen LogP contribution in [0.15, 0.2) is 59.4 Å². The molecule has 0 bridgehead atoms. The summed E-state index contributed by atoms with van der Waals surface area (Å²) in [5.74, 6) is 1.53. The summed E-state index contributed by atoms with van der Waals surface area (Å²) < 4.78 is 29.4. The van der Waals surface area contributed by atoms with Gasteiger partial charge in [-0.1, -0.05) is 36.4 Å². The number of imidazole rings is 1. The molecule has 1 fully saturated rings. The number of hydrogen-bond donors (Lipinski definition) is 2. The van der Waals surface area contributed by atoms with E-state index in [0.29, 0.717) is 12.4 Å². The van der Waals surface area contributed by atoms with Crippen LogP contribution in [0.5, 0.6) is 5.75 Å². The zero-order chi connectivity index (χ0) is 20.7. The summed E-state index contributed by atoms with van der Waals surface area (Å²) in [5.41, 5.74) is 3.29. The van der Waals surface area contributed by atoms with Crippen LogP contribution >= 0.6 is 0 Å². The number of fused-ring (bicyclic) bond motifs is 2. The zero-order valence-electron chi connectivity index (χ0n) is 16.4. The SMILES string of the molecule is O=c1[nH]c2cccc(-c3ccc(OCCC4CCS(=O)(=O)C4)c4ccccc34)c2[nH]1. The van der Waals surface area contributed by atoms with Crippen LogP contribution in [0.1, 0.15) is 12.8 Å². The lowest BCUT2D eigenvalue weighted by atomic mass is 9.96. The zero-order valence-corrected chi connectivity index (χ0v) is 17.2. The molecule has 1 saturated heterocycles. The molecule has 0 saturated carbocycles. The Balaban J connectivity index is 1.47. The minimum absolute atomic E-state index is 0.184. The number of para-hydroxylation sites is 1. The van der Waals surface area contributed by atoms with Gasteiger partial charge in [0.2, 0.25) is 0 Å². The van der Waals surface area contributed by atoms with Crippen LogP contribution in [0, 0.1) is 5.92 Å². The number of aromatic nitrogens is 2. The first-order chi connectivity index (χ1) is 14.5. The van der Waals surface area contributed by atoms with Crippen LogP contribution in [0.3, 0.4) is 0 Å². The number of sulfone groups is 1. The third-order valence-corrected chi connectivity index (χ3v) is 7.67. The molecule has 2 heterocycles. The number of benzene rings is 3. The maximum Gasteiger partial charge on any atom is 0.323 e. The van der Waals surface area contributed by atoms with Gasteiger partial charge < -0.3 is 14.7 Å². The van der Waals surface area contributed by atoms with E-state index in [0.717, 1.165) is 51.5 Å². The molecule has 3 aromatic carbocycles. The molecular weight excluding hydrogens is 400 g/mol. The highest BCUT2D eigenvalue weighted by atomic mass is 32.2. The summed E-state index contributed by atoms with van der Waals surface area (Å²) in [6.45, 7) is 0.490. The van der Waals surface area contributed by atoms with Crippen molar-refractivity contribution < 1.29 is 13.2 Å². The minimum Gasteiger partial charge on any atom is -0.493 e. The predicted octanol–water partition coefficient (Wildman–Crippen LogP) is 3.88. The summed E-state index contributed by atoms with van der Waals surface area (Å²) in [5, 5.41) is 2.02. The van der Waals surface area contributed by atoms with Crippen LogP contribution < -0.4 is 10.4 Å². The van der Waals surface area contributed by atoms with E-state index >= 15 is 0 Å². The van der Waals surface area contributed by atoms with Gasteiger partial charge in [0.25, 0.3) is 0 Å². The van der Waals surface area contributed by atoms with Crippen molar-refractivity contribution in [3.05, 3.63) is 65.1 Å². The first-order valence-corrected chi connectivity index (χ1v) is 11.9. The Kier molecular flexibility index (Phi) is 4.62. The number of ether oxygens (including phenoxy) is 1.